The van der Waals surface area contributed by atoms with Crippen molar-refractivity contribution in [2.75, 3.05) is 25.1 Å². The van der Waals surface area contributed by atoms with Gasteiger partial charge in [-0.05, 0) is 49.6 Å². The van der Waals surface area contributed by atoms with E-state index in [9.17, 15) is 9.59 Å². The second-order valence-corrected chi connectivity index (χ2v) is 7.21. The van der Waals surface area contributed by atoms with Gasteiger partial charge in [-0.2, -0.15) is 0 Å². The van der Waals surface area contributed by atoms with E-state index in [1.165, 1.54) is 6.92 Å². The van der Waals surface area contributed by atoms with E-state index in [4.69, 9.17) is 21.1 Å². The fourth-order valence-electron chi connectivity index (χ4n) is 2.80. The van der Waals surface area contributed by atoms with Crippen LogP contribution in [0.3, 0.4) is 0 Å². The molecule has 6 nitrogen and oxygen atoms in total. The Morgan fingerprint density at radius 2 is 1.80 bits per heavy atom. The Morgan fingerprint density at radius 3 is 2.43 bits per heavy atom. The molecule has 0 radical (unpaired) electrons. The summed E-state index contributed by atoms with van der Waals surface area (Å²) in [5, 5.41) is 5.98. The van der Waals surface area contributed by atoms with Gasteiger partial charge >= 0.3 is 0 Å². The van der Waals surface area contributed by atoms with Gasteiger partial charge in [0.15, 0.2) is 11.5 Å². The van der Waals surface area contributed by atoms with Crippen LogP contribution in [0.25, 0.3) is 0 Å². The van der Waals surface area contributed by atoms with Crippen molar-refractivity contribution in [2.24, 2.45) is 0 Å². The average Bonchev–Trinajstić information content (AvgIpc) is 2.71. The summed E-state index contributed by atoms with van der Waals surface area (Å²) in [6, 6.07) is 10.8. The first kappa shape index (κ1) is 23.5. The predicted molar refractivity (Wildman–Crippen MR) is 120 cm³/mol. The van der Waals surface area contributed by atoms with Gasteiger partial charge in [-0.15, -0.1) is 0 Å². The van der Waals surface area contributed by atoms with E-state index < -0.39 is 0 Å². The molecular weight excluding hydrogens is 404 g/mol. The molecule has 0 aromatic heterocycles. The maximum Gasteiger partial charge on any atom is 0.251 e. The molecule has 0 aliphatic rings. The minimum atomic E-state index is -0.229. The third-order valence-corrected chi connectivity index (χ3v) is 4.57. The van der Waals surface area contributed by atoms with Crippen molar-refractivity contribution in [2.45, 2.75) is 40.0 Å². The van der Waals surface area contributed by atoms with Crippen molar-refractivity contribution in [3.63, 3.8) is 0 Å². The zero-order chi connectivity index (χ0) is 21.9. The standard InChI is InChI=1S/C23H29ClN2O4/c1-4-6-13-30-22-20(24)14-18(15-21(22)29-5-2)23(28)25-12-11-17-7-9-19(10-8-17)26-16(3)27/h7-10,14-15H,4-6,11-13H2,1-3H3,(H,25,28)(H,26,27). The summed E-state index contributed by atoms with van der Waals surface area (Å²) in [5.41, 5.74) is 2.22. The lowest BCUT2D eigenvalue weighted by atomic mass is 10.1. The summed E-state index contributed by atoms with van der Waals surface area (Å²) in [6.07, 6.45) is 2.59. The normalized spacial score (nSPS) is 10.4. The lowest BCUT2D eigenvalue weighted by Crippen LogP contribution is -2.25. The molecule has 2 aromatic carbocycles. The Morgan fingerprint density at radius 1 is 1.07 bits per heavy atom. The van der Waals surface area contributed by atoms with Gasteiger partial charge in [-0.3, -0.25) is 9.59 Å². The summed E-state index contributed by atoms with van der Waals surface area (Å²) in [7, 11) is 0. The number of rotatable bonds is 11. The van der Waals surface area contributed by atoms with Gasteiger partial charge in [0.2, 0.25) is 5.91 Å². The number of carbonyl (C=O) groups is 2. The summed E-state index contributed by atoms with van der Waals surface area (Å²) in [6.45, 7) is 6.88. The number of nitrogens with one attached hydrogen (secondary N) is 2. The molecular formula is C23H29ClN2O4. The molecule has 0 unspecified atom stereocenters. The molecule has 0 bridgehead atoms. The second kappa shape index (κ2) is 12.1. The molecule has 0 aliphatic heterocycles. The van der Waals surface area contributed by atoms with Gasteiger partial charge in [-0.1, -0.05) is 37.1 Å². The van der Waals surface area contributed by atoms with Crippen LogP contribution in [0.4, 0.5) is 5.69 Å². The molecule has 0 atom stereocenters. The van der Waals surface area contributed by atoms with Crippen LogP contribution in [-0.4, -0.2) is 31.6 Å². The highest BCUT2D eigenvalue weighted by atomic mass is 35.5. The van der Waals surface area contributed by atoms with Gasteiger partial charge < -0.3 is 20.1 Å². The largest absolute Gasteiger partial charge is 0.490 e. The van der Waals surface area contributed by atoms with E-state index in [0.29, 0.717) is 48.3 Å². The van der Waals surface area contributed by atoms with Crippen LogP contribution in [-0.2, 0) is 11.2 Å². The van der Waals surface area contributed by atoms with Crippen LogP contribution in [0.5, 0.6) is 11.5 Å². The monoisotopic (exact) mass is 432 g/mol. The van der Waals surface area contributed by atoms with E-state index in [1.807, 2.05) is 31.2 Å². The molecule has 2 rings (SSSR count). The highest BCUT2D eigenvalue weighted by Crippen LogP contribution is 2.36. The van der Waals surface area contributed by atoms with Gasteiger partial charge in [0.1, 0.15) is 0 Å². The van der Waals surface area contributed by atoms with Crippen LogP contribution in [0.15, 0.2) is 36.4 Å². The molecule has 7 heteroatoms. The predicted octanol–water partition coefficient (Wildman–Crippen LogP) is 4.85. The van der Waals surface area contributed by atoms with Crippen LogP contribution < -0.4 is 20.1 Å². The summed E-state index contributed by atoms with van der Waals surface area (Å²) in [5.74, 6) is 0.609. The molecule has 30 heavy (non-hydrogen) atoms. The molecule has 162 valence electrons. The zero-order valence-corrected chi connectivity index (χ0v) is 18.5. The maximum atomic E-state index is 12.6. The van der Waals surface area contributed by atoms with E-state index in [1.54, 1.807) is 12.1 Å². The van der Waals surface area contributed by atoms with Crippen molar-refractivity contribution in [3.8, 4) is 11.5 Å². The minimum absolute atomic E-state index is 0.109. The Kier molecular flexibility index (Phi) is 9.48. The number of halogens is 1. The highest BCUT2D eigenvalue weighted by Gasteiger charge is 2.16. The number of hydrogen-bond donors (Lipinski definition) is 2. The van der Waals surface area contributed by atoms with Gasteiger partial charge in [-0.25, -0.2) is 0 Å². The smallest absolute Gasteiger partial charge is 0.251 e. The van der Waals surface area contributed by atoms with Crippen molar-refractivity contribution in [1.29, 1.82) is 0 Å². The third kappa shape index (κ3) is 7.26. The van der Waals surface area contributed by atoms with Gasteiger partial charge in [0, 0.05) is 24.7 Å². The molecule has 0 saturated heterocycles. The lowest BCUT2D eigenvalue weighted by Gasteiger charge is -2.15. The molecule has 0 saturated carbocycles. The highest BCUT2D eigenvalue weighted by molar-refractivity contribution is 6.32. The van der Waals surface area contributed by atoms with Crippen LogP contribution >= 0.6 is 11.6 Å². The Hall–Kier alpha value is -2.73. The first-order chi connectivity index (χ1) is 14.4. The number of anilines is 1. The molecule has 2 aromatic rings. The average molecular weight is 433 g/mol. The zero-order valence-electron chi connectivity index (χ0n) is 17.7. The minimum Gasteiger partial charge on any atom is -0.490 e. The van der Waals surface area contributed by atoms with Crippen LogP contribution in [0.2, 0.25) is 5.02 Å². The number of ether oxygens (including phenoxy) is 2. The number of hydrogen-bond acceptors (Lipinski definition) is 4. The Balaban J connectivity index is 1.97. The van der Waals surface area contributed by atoms with E-state index in [2.05, 4.69) is 17.6 Å². The quantitative estimate of drug-likeness (QED) is 0.497. The van der Waals surface area contributed by atoms with Gasteiger partial charge in [0.05, 0.1) is 18.2 Å². The number of amides is 2. The van der Waals surface area contributed by atoms with Crippen molar-refractivity contribution < 1.29 is 19.1 Å². The SMILES string of the molecule is CCCCOc1c(Cl)cc(C(=O)NCCc2ccc(NC(C)=O)cc2)cc1OCC. The van der Waals surface area contributed by atoms with Crippen molar-refractivity contribution >= 4 is 29.1 Å². The Bertz CT molecular complexity index is 853. The molecule has 2 amide bonds. The van der Waals surface area contributed by atoms with Crippen molar-refractivity contribution in [1.82, 2.24) is 5.32 Å². The molecule has 0 aliphatic carbocycles. The van der Waals surface area contributed by atoms with Crippen LogP contribution in [0, 0.1) is 0 Å². The molecule has 0 fully saturated rings. The summed E-state index contributed by atoms with van der Waals surface area (Å²) in [4.78, 5) is 23.6. The fourth-order valence-corrected chi connectivity index (χ4v) is 3.07. The summed E-state index contributed by atoms with van der Waals surface area (Å²) >= 11 is 6.36. The summed E-state index contributed by atoms with van der Waals surface area (Å²) < 4.78 is 11.4. The number of benzene rings is 2. The maximum absolute atomic E-state index is 12.6. The molecule has 2 N–H and O–H groups in total. The van der Waals surface area contributed by atoms with E-state index >= 15 is 0 Å². The van der Waals surface area contributed by atoms with Crippen molar-refractivity contribution in [3.05, 3.63) is 52.5 Å². The first-order valence-corrected chi connectivity index (χ1v) is 10.6. The number of unbranched alkanes of at least 4 members (excludes halogenated alkanes) is 1. The Labute approximate surface area is 182 Å². The third-order valence-electron chi connectivity index (χ3n) is 4.29. The van der Waals surface area contributed by atoms with E-state index in [-0.39, 0.29) is 11.8 Å². The van der Waals surface area contributed by atoms with E-state index in [0.717, 1.165) is 24.1 Å². The molecule has 0 spiro atoms. The number of carbonyl (C=O) groups excluding carboxylic acids is 2. The lowest BCUT2D eigenvalue weighted by molar-refractivity contribution is -0.114. The topological polar surface area (TPSA) is 76.7 Å². The van der Waals surface area contributed by atoms with Crippen LogP contribution in [0.1, 0.15) is 49.5 Å². The second-order valence-electron chi connectivity index (χ2n) is 6.80. The fraction of sp³-hybridized carbons (Fsp3) is 0.391. The van der Waals surface area contributed by atoms with Gasteiger partial charge in [0.25, 0.3) is 5.91 Å². The first-order valence-electron chi connectivity index (χ1n) is 10.2. The molecule has 0 heterocycles.